The predicted molar refractivity (Wildman–Crippen MR) is 145 cm³/mol. The third-order valence-electron chi connectivity index (χ3n) is 6.23. The van der Waals surface area contributed by atoms with Gasteiger partial charge in [-0.3, -0.25) is 9.98 Å². The summed E-state index contributed by atoms with van der Waals surface area (Å²) in [5.41, 5.74) is 7.71. The normalized spacial score (nSPS) is 13.9. The summed E-state index contributed by atoms with van der Waals surface area (Å²) in [4.78, 5) is 13.4. The summed E-state index contributed by atoms with van der Waals surface area (Å²) in [5, 5.41) is 5.36. The summed E-state index contributed by atoms with van der Waals surface area (Å²) in [6.07, 6.45) is 8.40. The zero-order valence-corrected chi connectivity index (χ0v) is 20.6. The summed E-state index contributed by atoms with van der Waals surface area (Å²) in [5.74, 6) is 0.519. The monoisotopic (exact) mass is 483 g/mol. The highest BCUT2D eigenvalue weighted by Gasteiger charge is 2.26. The molecule has 1 aliphatic rings. The lowest BCUT2D eigenvalue weighted by molar-refractivity contribution is 0.387. The van der Waals surface area contributed by atoms with E-state index in [0.29, 0.717) is 33.6 Å². The van der Waals surface area contributed by atoms with E-state index < -0.39 is 0 Å². The minimum atomic E-state index is 0.345. The molecule has 0 atom stereocenters. The molecule has 0 spiro atoms. The Morgan fingerprint density at radius 2 is 1.89 bits per heavy atom. The van der Waals surface area contributed by atoms with Gasteiger partial charge in [0.25, 0.3) is 0 Å². The molecule has 176 valence electrons. The van der Waals surface area contributed by atoms with Gasteiger partial charge in [0.05, 0.1) is 29.6 Å². The summed E-state index contributed by atoms with van der Waals surface area (Å²) in [7, 11) is 1.63. The number of halogens is 1. The van der Waals surface area contributed by atoms with Gasteiger partial charge in [0, 0.05) is 11.8 Å². The molecule has 0 amide bonds. The second kappa shape index (κ2) is 9.84. The Bertz CT molecular complexity index is 1470. The number of benzene rings is 2. The second-order valence-corrected chi connectivity index (χ2v) is 8.69. The first kappa shape index (κ1) is 23.0. The molecule has 35 heavy (non-hydrogen) atoms. The average molecular weight is 484 g/mol. The van der Waals surface area contributed by atoms with Crippen molar-refractivity contribution in [2.24, 2.45) is 9.98 Å². The van der Waals surface area contributed by atoms with E-state index in [0.717, 1.165) is 41.6 Å². The van der Waals surface area contributed by atoms with E-state index >= 15 is 0 Å². The van der Waals surface area contributed by atoms with Gasteiger partial charge in [-0.05, 0) is 62.6 Å². The molecular formula is C28H26ClN5O. The smallest absolute Gasteiger partial charge is 0.227 e. The topological polar surface area (TPSA) is 64.1 Å². The van der Waals surface area contributed by atoms with Crippen molar-refractivity contribution in [3.8, 4) is 28.3 Å². The van der Waals surface area contributed by atoms with E-state index in [2.05, 4.69) is 34.9 Å². The van der Waals surface area contributed by atoms with Crippen LogP contribution in [0.3, 0.4) is 0 Å². The molecule has 2 aromatic heterocycles. The van der Waals surface area contributed by atoms with Gasteiger partial charge in [-0.2, -0.15) is 9.61 Å². The standard InChI is InChI=1S/C28H26ClN5O/c1-4-31-22-17-20(15-16-21(22)30-2)24-26(29)32-27-23(18-11-7-5-8-12-18)25(19-13-9-6-10-14-19)33-34(27)28(24)35-3/h4,6,9-11,13-17H,2,5,7-8,12H2,1,3H3. The molecule has 2 aromatic carbocycles. The van der Waals surface area contributed by atoms with Crippen LogP contribution in [0.1, 0.15) is 38.2 Å². The first-order chi connectivity index (χ1) is 17.2. The number of fused-ring (bicyclic) bond motifs is 1. The molecule has 7 heteroatoms. The third-order valence-corrected chi connectivity index (χ3v) is 6.51. The lowest BCUT2D eigenvalue weighted by Crippen LogP contribution is -2.02. The fraction of sp³-hybridized carbons (Fsp3) is 0.214. The molecule has 0 unspecified atom stereocenters. The SMILES string of the molecule is C=Nc1ccc(-c2c(Cl)nc3c(C4=CCCCC4)c(-c4ccccc4)nn3c2OC)cc1N=CC. The molecule has 6 nitrogen and oxygen atoms in total. The molecule has 0 fully saturated rings. The quantitative estimate of drug-likeness (QED) is 0.208. The van der Waals surface area contributed by atoms with Crippen LogP contribution >= 0.6 is 11.6 Å². The Morgan fingerprint density at radius 1 is 1.06 bits per heavy atom. The number of methoxy groups -OCH3 is 1. The number of nitrogens with zero attached hydrogens (tertiary/aromatic N) is 5. The lowest BCUT2D eigenvalue weighted by Gasteiger charge is -2.15. The highest BCUT2D eigenvalue weighted by atomic mass is 35.5. The summed E-state index contributed by atoms with van der Waals surface area (Å²) in [6, 6.07) is 15.9. The Morgan fingerprint density at radius 3 is 2.57 bits per heavy atom. The van der Waals surface area contributed by atoms with E-state index in [1.165, 1.54) is 12.0 Å². The van der Waals surface area contributed by atoms with E-state index in [4.69, 9.17) is 26.4 Å². The second-order valence-electron chi connectivity index (χ2n) is 8.34. The van der Waals surface area contributed by atoms with Crippen molar-refractivity contribution in [2.45, 2.75) is 32.6 Å². The van der Waals surface area contributed by atoms with Crippen LogP contribution in [0.25, 0.3) is 33.6 Å². The number of allylic oxidation sites excluding steroid dienone is 2. The lowest BCUT2D eigenvalue weighted by atomic mass is 9.92. The Labute approximate surface area is 209 Å². The van der Waals surface area contributed by atoms with Gasteiger partial charge < -0.3 is 4.74 Å². The van der Waals surface area contributed by atoms with Crippen LogP contribution in [0.4, 0.5) is 11.4 Å². The van der Waals surface area contributed by atoms with Crippen molar-refractivity contribution in [3.63, 3.8) is 0 Å². The largest absolute Gasteiger partial charge is 0.480 e. The summed E-state index contributed by atoms with van der Waals surface area (Å²) >= 11 is 6.87. The van der Waals surface area contributed by atoms with Crippen molar-refractivity contribution in [2.75, 3.05) is 7.11 Å². The Kier molecular flexibility index (Phi) is 6.47. The minimum Gasteiger partial charge on any atom is -0.480 e. The molecular weight excluding hydrogens is 458 g/mol. The number of hydrogen-bond donors (Lipinski definition) is 0. The van der Waals surface area contributed by atoms with Crippen LogP contribution in [-0.2, 0) is 0 Å². The molecule has 5 rings (SSSR count). The first-order valence-electron chi connectivity index (χ1n) is 11.7. The molecule has 0 saturated carbocycles. The van der Waals surface area contributed by atoms with Crippen molar-refractivity contribution in [1.29, 1.82) is 0 Å². The Hall–Kier alpha value is -3.77. The molecule has 2 heterocycles. The van der Waals surface area contributed by atoms with Crippen molar-refractivity contribution in [3.05, 3.63) is 65.3 Å². The van der Waals surface area contributed by atoms with Crippen molar-refractivity contribution >= 4 is 47.1 Å². The minimum absolute atomic E-state index is 0.345. The van der Waals surface area contributed by atoms with Gasteiger partial charge in [-0.1, -0.05) is 54.1 Å². The predicted octanol–water partition coefficient (Wildman–Crippen LogP) is 7.74. The maximum Gasteiger partial charge on any atom is 0.227 e. The highest BCUT2D eigenvalue weighted by Crippen LogP contribution is 2.43. The third kappa shape index (κ3) is 4.15. The number of ether oxygens (including phenoxy) is 1. The van der Waals surface area contributed by atoms with E-state index in [1.807, 2.05) is 43.3 Å². The van der Waals surface area contributed by atoms with Crippen LogP contribution in [0.2, 0.25) is 5.15 Å². The van der Waals surface area contributed by atoms with Crippen LogP contribution < -0.4 is 4.74 Å². The number of rotatable bonds is 6. The number of aliphatic imine (C=N–C) groups is 2. The zero-order valence-electron chi connectivity index (χ0n) is 19.8. The molecule has 1 aliphatic carbocycles. The maximum atomic E-state index is 6.87. The van der Waals surface area contributed by atoms with Crippen LogP contribution in [0.5, 0.6) is 5.88 Å². The number of hydrogen-bond acceptors (Lipinski definition) is 5. The number of aromatic nitrogens is 3. The van der Waals surface area contributed by atoms with Gasteiger partial charge in [0.15, 0.2) is 5.65 Å². The fourth-order valence-corrected chi connectivity index (χ4v) is 4.91. The summed E-state index contributed by atoms with van der Waals surface area (Å²) < 4.78 is 7.70. The summed E-state index contributed by atoms with van der Waals surface area (Å²) in [6.45, 7) is 5.51. The van der Waals surface area contributed by atoms with Gasteiger partial charge in [0.1, 0.15) is 10.8 Å². The molecule has 0 bridgehead atoms. The maximum absolute atomic E-state index is 6.87. The first-order valence-corrected chi connectivity index (χ1v) is 12.0. The molecule has 0 radical (unpaired) electrons. The van der Waals surface area contributed by atoms with E-state index in [1.54, 1.807) is 17.8 Å². The van der Waals surface area contributed by atoms with Gasteiger partial charge >= 0.3 is 0 Å². The average Bonchev–Trinajstić information content (AvgIpc) is 3.28. The van der Waals surface area contributed by atoms with E-state index in [9.17, 15) is 0 Å². The fourth-order valence-electron chi connectivity index (χ4n) is 4.64. The van der Waals surface area contributed by atoms with Crippen molar-refractivity contribution in [1.82, 2.24) is 14.6 Å². The molecule has 0 aliphatic heterocycles. The zero-order chi connectivity index (χ0) is 24.4. The van der Waals surface area contributed by atoms with Crippen LogP contribution in [0, 0.1) is 0 Å². The van der Waals surface area contributed by atoms with Gasteiger partial charge in [0.2, 0.25) is 5.88 Å². The van der Waals surface area contributed by atoms with E-state index in [-0.39, 0.29) is 0 Å². The molecule has 0 N–H and O–H groups in total. The van der Waals surface area contributed by atoms with Crippen LogP contribution in [0.15, 0.2) is 64.6 Å². The highest BCUT2D eigenvalue weighted by molar-refractivity contribution is 6.32. The van der Waals surface area contributed by atoms with Crippen LogP contribution in [-0.4, -0.2) is 34.6 Å². The molecule has 0 saturated heterocycles. The molecule has 4 aromatic rings. The van der Waals surface area contributed by atoms with Gasteiger partial charge in [-0.25, -0.2) is 4.98 Å². The van der Waals surface area contributed by atoms with Crippen molar-refractivity contribution < 1.29 is 4.74 Å². The Balaban J connectivity index is 1.81. The van der Waals surface area contributed by atoms with Gasteiger partial charge in [-0.15, -0.1) is 0 Å².